The number of amides is 1. The average molecular weight is 491 g/mol. The number of hydrogen-bond acceptors (Lipinski definition) is 4. The third-order valence-corrected chi connectivity index (χ3v) is 8.82. The van der Waals surface area contributed by atoms with Crippen LogP contribution in [0, 0.1) is 5.41 Å². The normalized spacial score (nSPS) is 17.7. The predicted molar refractivity (Wildman–Crippen MR) is 140 cm³/mol. The molecule has 0 bridgehead atoms. The van der Waals surface area contributed by atoms with Gasteiger partial charge < -0.3 is 9.47 Å². The van der Waals surface area contributed by atoms with Gasteiger partial charge in [-0.3, -0.25) is 14.6 Å². The van der Waals surface area contributed by atoms with Gasteiger partial charge in [-0.25, -0.2) is 9.36 Å². The third-order valence-electron chi connectivity index (χ3n) is 7.61. The summed E-state index contributed by atoms with van der Waals surface area (Å²) in [4.78, 5) is 46.3. The lowest BCUT2D eigenvalue weighted by molar-refractivity contribution is -0.131. The van der Waals surface area contributed by atoms with Crippen LogP contribution in [0.2, 0.25) is 0 Å². The van der Waals surface area contributed by atoms with Gasteiger partial charge in [-0.2, -0.15) is 0 Å². The van der Waals surface area contributed by atoms with Crippen molar-refractivity contribution in [1.82, 2.24) is 19.0 Å². The molecule has 7 nitrogen and oxygen atoms in total. The fraction of sp³-hybridized carbons (Fsp3) is 0.444. The average Bonchev–Trinajstić information content (AvgIpc) is 3.43. The standard InChI is InChI=1S/C27H30N4O3S/c1-27(2)11-13-30(16-27)22(32)15-29-12-10-17-14-18(8-9-20(17)29)31-25(33)23-19-6-4-3-5-7-21(19)35-24(23)28-26(31)34/h8-10,12,14H,3-7,11,13,15-16H2,1-2H3,(H,28,34). The minimum atomic E-state index is -0.412. The van der Waals surface area contributed by atoms with E-state index in [4.69, 9.17) is 0 Å². The fourth-order valence-corrected chi connectivity index (χ4v) is 6.96. The molecule has 1 aromatic carbocycles. The number of H-pyrrole nitrogens is 1. The van der Waals surface area contributed by atoms with Crippen molar-refractivity contribution in [3.63, 3.8) is 0 Å². The van der Waals surface area contributed by atoms with Crippen LogP contribution in [-0.2, 0) is 24.2 Å². The van der Waals surface area contributed by atoms with Crippen molar-refractivity contribution in [1.29, 1.82) is 0 Å². The van der Waals surface area contributed by atoms with Gasteiger partial charge in [0, 0.05) is 35.1 Å². The van der Waals surface area contributed by atoms with E-state index in [2.05, 4.69) is 18.8 Å². The van der Waals surface area contributed by atoms with Crippen molar-refractivity contribution in [3.05, 3.63) is 61.7 Å². The molecular formula is C27H30N4O3S. The van der Waals surface area contributed by atoms with Crippen molar-refractivity contribution < 1.29 is 4.79 Å². The lowest BCUT2D eigenvalue weighted by Gasteiger charge is -2.20. The monoisotopic (exact) mass is 490 g/mol. The van der Waals surface area contributed by atoms with Gasteiger partial charge in [0.15, 0.2) is 0 Å². The molecule has 1 aliphatic carbocycles. The molecule has 1 N–H and O–H groups in total. The first-order chi connectivity index (χ1) is 16.8. The second-order valence-corrected chi connectivity index (χ2v) is 11.9. The van der Waals surface area contributed by atoms with Crippen LogP contribution in [0.1, 0.15) is 50.0 Å². The summed E-state index contributed by atoms with van der Waals surface area (Å²) in [5.74, 6) is 0.119. The summed E-state index contributed by atoms with van der Waals surface area (Å²) < 4.78 is 3.20. The Morgan fingerprint density at radius 2 is 1.94 bits per heavy atom. The molecule has 4 aromatic rings. The Labute approximate surface area is 207 Å². The highest BCUT2D eigenvalue weighted by atomic mass is 32.1. The first-order valence-corrected chi connectivity index (χ1v) is 13.3. The van der Waals surface area contributed by atoms with Crippen LogP contribution in [0.25, 0.3) is 26.8 Å². The Hall–Kier alpha value is -3.13. The van der Waals surface area contributed by atoms with Crippen molar-refractivity contribution in [2.45, 2.75) is 58.9 Å². The Bertz CT molecular complexity index is 1590. The van der Waals surface area contributed by atoms with E-state index in [9.17, 15) is 14.4 Å². The molecule has 0 spiro atoms. The molecule has 0 radical (unpaired) electrons. The topological polar surface area (TPSA) is 80.1 Å². The number of benzene rings is 1. The van der Waals surface area contributed by atoms with Gasteiger partial charge in [0.1, 0.15) is 11.4 Å². The van der Waals surface area contributed by atoms with E-state index in [1.165, 1.54) is 15.9 Å². The molecule has 1 aliphatic heterocycles. The van der Waals surface area contributed by atoms with Crippen LogP contribution < -0.4 is 11.2 Å². The number of aromatic nitrogens is 3. The molecule has 1 saturated heterocycles. The van der Waals surface area contributed by atoms with E-state index in [1.807, 2.05) is 33.9 Å². The van der Waals surface area contributed by atoms with Crippen LogP contribution >= 0.6 is 11.3 Å². The molecule has 1 amide bonds. The summed E-state index contributed by atoms with van der Waals surface area (Å²) in [6, 6.07) is 7.50. The van der Waals surface area contributed by atoms with Crippen LogP contribution in [0.3, 0.4) is 0 Å². The lowest BCUT2D eigenvalue weighted by atomic mass is 9.93. The minimum absolute atomic E-state index is 0.119. The molecule has 8 heteroatoms. The van der Waals surface area contributed by atoms with E-state index in [-0.39, 0.29) is 23.4 Å². The highest BCUT2D eigenvalue weighted by Crippen LogP contribution is 2.33. The molecular weight excluding hydrogens is 460 g/mol. The van der Waals surface area contributed by atoms with Crippen LogP contribution in [0.15, 0.2) is 40.1 Å². The van der Waals surface area contributed by atoms with Gasteiger partial charge in [0.25, 0.3) is 5.56 Å². The number of fused-ring (bicyclic) bond motifs is 4. The largest absolute Gasteiger partial charge is 0.341 e. The van der Waals surface area contributed by atoms with Gasteiger partial charge in [-0.15, -0.1) is 11.3 Å². The highest BCUT2D eigenvalue weighted by molar-refractivity contribution is 7.18. The number of aromatic amines is 1. The number of nitrogens with one attached hydrogen (secondary N) is 1. The number of aryl methyl sites for hydroxylation is 2. The smallest absolute Gasteiger partial charge is 0.334 e. The number of rotatable bonds is 3. The number of nitrogens with zero attached hydrogens (tertiary/aromatic N) is 3. The SMILES string of the molecule is CC1(C)CCN(C(=O)Cn2ccc3cc(-n4c(=O)[nH]c5sc6c(c5c4=O)CCCCC6)ccc32)C1. The zero-order chi connectivity index (χ0) is 24.3. The van der Waals surface area contributed by atoms with E-state index in [1.54, 1.807) is 17.4 Å². The second-order valence-electron chi connectivity index (χ2n) is 10.8. The number of carbonyl (C=O) groups is 1. The van der Waals surface area contributed by atoms with Gasteiger partial charge in [0.05, 0.1) is 11.1 Å². The Kier molecular flexibility index (Phi) is 5.25. The molecule has 4 heterocycles. The number of carbonyl (C=O) groups excluding carboxylic acids is 1. The molecule has 0 unspecified atom stereocenters. The summed E-state index contributed by atoms with van der Waals surface area (Å²) in [5.41, 5.74) is 2.10. The van der Waals surface area contributed by atoms with Crippen LogP contribution in [0.4, 0.5) is 0 Å². The summed E-state index contributed by atoms with van der Waals surface area (Å²) in [5, 5.41) is 1.57. The molecule has 0 atom stereocenters. The number of likely N-dealkylation sites (tertiary alicyclic amines) is 1. The molecule has 35 heavy (non-hydrogen) atoms. The number of hydrogen-bond donors (Lipinski definition) is 1. The maximum atomic E-state index is 13.6. The third kappa shape index (κ3) is 3.84. The molecule has 1 fully saturated rings. The Morgan fingerprint density at radius 1 is 1.11 bits per heavy atom. The van der Waals surface area contributed by atoms with Gasteiger partial charge in [-0.05, 0) is 67.3 Å². The van der Waals surface area contributed by atoms with Crippen molar-refractivity contribution in [3.8, 4) is 5.69 Å². The van der Waals surface area contributed by atoms with E-state index >= 15 is 0 Å². The zero-order valence-electron chi connectivity index (χ0n) is 20.2. The quantitative estimate of drug-likeness (QED) is 0.437. The molecule has 2 aliphatic rings. The molecule has 3 aromatic heterocycles. The van der Waals surface area contributed by atoms with E-state index in [0.29, 0.717) is 15.9 Å². The van der Waals surface area contributed by atoms with Crippen molar-refractivity contribution >= 4 is 38.4 Å². The van der Waals surface area contributed by atoms with E-state index in [0.717, 1.165) is 61.7 Å². The van der Waals surface area contributed by atoms with Crippen molar-refractivity contribution in [2.24, 2.45) is 5.41 Å². The van der Waals surface area contributed by atoms with Gasteiger partial charge in [-0.1, -0.05) is 20.3 Å². The van der Waals surface area contributed by atoms with Gasteiger partial charge in [0.2, 0.25) is 5.91 Å². The minimum Gasteiger partial charge on any atom is -0.341 e. The van der Waals surface area contributed by atoms with Gasteiger partial charge >= 0.3 is 5.69 Å². The number of thiophene rings is 1. The summed E-state index contributed by atoms with van der Waals surface area (Å²) >= 11 is 1.56. The summed E-state index contributed by atoms with van der Waals surface area (Å²) in [6.45, 7) is 6.26. The predicted octanol–water partition coefficient (Wildman–Crippen LogP) is 4.22. The Balaban J connectivity index is 1.36. The maximum Gasteiger partial charge on any atom is 0.334 e. The van der Waals surface area contributed by atoms with Crippen LogP contribution in [0.5, 0.6) is 0 Å². The molecule has 0 saturated carbocycles. The first kappa shape index (κ1) is 22.3. The molecule has 6 rings (SSSR count). The van der Waals surface area contributed by atoms with Crippen molar-refractivity contribution in [2.75, 3.05) is 13.1 Å². The first-order valence-electron chi connectivity index (χ1n) is 12.5. The maximum absolute atomic E-state index is 13.6. The van der Waals surface area contributed by atoms with Crippen LogP contribution in [-0.4, -0.2) is 38.0 Å². The summed E-state index contributed by atoms with van der Waals surface area (Å²) in [6.07, 6.45) is 8.17. The second kappa shape index (κ2) is 8.22. The molecule has 182 valence electrons. The van der Waals surface area contributed by atoms with E-state index < -0.39 is 5.69 Å². The zero-order valence-corrected chi connectivity index (χ0v) is 21.0. The highest BCUT2D eigenvalue weighted by Gasteiger charge is 2.32. The fourth-order valence-electron chi connectivity index (χ4n) is 5.68. The lowest BCUT2D eigenvalue weighted by Crippen LogP contribution is -2.33. The Morgan fingerprint density at radius 3 is 2.74 bits per heavy atom. The summed E-state index contributed by atoms with van der Waals surface area (Å²) in [7, 11) is 0.